The van der Waals surface area contributed by atoms with E-state index in [4.69, 9.17) is 0 Å². The molecule has 2 bridgehead atoms. The van der Waals surface area contributed by atoms with Crippen LogP contribution < -0.4 is 5.32 Å². The average molecular weight is 331 g/mol. The van der Waals surface area contributed by atoms with Gasteiger partial charge in [-0.15, -0.1) is 12.4 Å². The van der Waals surface area contributed by atoms with Gasteiger partial charge < -0.3 is 5.32 Å². The maximum absolute atomic E-state index is 12.8. The minimum absolute atomic E-state index is 0. The lowest BCUT2D eigenvalue weighted by atomic mass is 10.1. The van der Waals surface area contributed by atoms with Crippen LogP contribution in [0, 0.1) is 0 Å². The molecule has 2 fully saturated rings. The van der Waals surface area contributed by atoms with E-state index in [-0.39, 0.29) is 12.4 Å². The fourth-order valence-corrected chi connectivity index (χ4v) is 4.78. The molecule has 2 atom stereocenters. The lowest BCUT2D eigenvalue weighted by molar-refractivity contribution is 0.383. The Bertz CT molecular complexity index is 591. The van der Waals surface area contributed by atoms with Crippen molar-refractivity contribution in [3.8, 4) is 0 Å². The lowest BCUT2D eigenvalue weighted by Gasteiger charge is -2.23. The van der Waals surface area contributed by atoms with Crippen LogP contribution in [-0.2, 0) is 16.4 Å². The molecule has 118 valence electrons. The van der Waals surface area contributed by atoms with Crippen molar-refractivity contribution in [1.29, 1.82) is 0 Å². The van der Waals surface area contributed by atoms with Gasteiger partial charge in [-0.05, 0) is 43.4 Å². The normalized spacial score (nSPS) is 26.1. The summed E-state index contributed by atoms with van der Waals surface area (Å²) in [6.07, 6.45) is 4.05. The molecule has 4 nitrogen and oxygen atoms in total. The summed E-state index contributed by atoms with van der Waals surface area (Å²) >= 11 is 0. The molecule has 3 rings (SSSR count). The van der Waals surface area contributed by atoms with E-state index >= 15 is 0 Å². The number of fused-ring (bicyclic) bond motifs is 2. The van der Waals surface area contributed by atoms with Crippen LogP contribution in [0.5, 0.6) is 0 Å². The number of halogens is 1. The molecule has 2 heterocycles. The number of nitrogens with zero attached hydrogens (tertiary/aromatic N) is 1. The highest BCUT2D eigenvalue weighted by atomic mass is 35.5. The zero-order valence-corrected chi connectivity index (χ0v) is 13.9. The van der Waals surface area contributed by atoms with E-state index in [9.17, 15) is 8.42 Å². The van der Waals surface area contributed by atoms with Crippen molar-refractivity contribution in [2.45, 2.75) is 49.6 Å². The number of aryl methyl sites for hydroxylation is 1. The van der Waals surface area contributed by atoms with Crippen molar-refractivity contribution in [3.63, 3.8) is 0 Å². The smallest absolute Gasteiger partial charge is 0.243 e. The van der Waals surface area contributed by atoms with Crippen molar-refractivity contribution >= 4 is 22.4 Å². The Balaban J connectivity index is 0.00000161. The van der Waals surface area contributed by atoms with Crippen molar-refractivity contribution in [3.05, 3.63) is 29.8 Å². The fourth-order valence-electron chi connectivity index (χ4n) is 3.20. The molecule has 2 aliphatic rings. The summed E-state index contributed by atoms with van der Waals surface area (Å²) in [5.74, 6) is 0. The van der Waals surface area contributed by atoms with Crippen LogP contribution in [0.25, 0.3) is 0 Å². The fraction of sp³-hybridized carbons (Fsp3) is 0.600. The van der Waals surface area contributed by atoms with Crippen LogP contribution >= 0.6 is 12.4 Å². The molecule has 0 radical (unpaired) electrons. The number of nitrogens with one attached hydrogen (secondary N) is 1. The summed E-state index contributed by atoms with van der Waals surface area (Å²) in [5.41, 5.74) is 1.07. The first-order chi connectivity index (χ1) is 9.59. The second-order valence-electron chi connectivity index (χ2n) is 5.79. The molecule has 0 aromatic heterocycles. The first kappa shape index (κ1) is 16.7. The molecule has 2 aliphatic heterocycles. The third-order valence-corrected chi connectivity index (χ3v) is 6.29. The van der Waals surface area contributed by atoms with Crippen molar-refractivity contribution < 1.29 is 8.42 Å². The summed E-state index contributed by atoms with van der Waals surface area (Å²) in [6.45, 7) is 3.28. The van der Waals surface area contributed by atoms with Gasteiger partial charge in [-0.2, -0.15) is 4.31 Å². The van der Waals surface area contributed by atoms with Gasteiger partial charge in [0.25, 0.3) is 0 Å². The molecule has 1 aromatic rings. The molecule has 0 spiro atoms. The van der Waals surface area contributed by atoms with E-state index < -0.39 is 10.0 Å². The summed E-state index contributed by atoms with van der Waals surface area (Å²) in [6, 6.07) is 8.17. The van der Waals surface area contributed by atoms with Crippen molar-refractivity contribution in [2.24, 2.45) is 0 Å². The van der Waals surface area contributed by atoms with Crippen molar-refractivity contribution in [2.75, 3.05) is 13.1 Å². The minimum atomic E-state index is -3.35. The van der Waals surface area contributed by atoms with Gasteiger partial charge in [-0.3, -0.25) is 0 Å². The highest BCUT2D eigenvalue weighted by Crippen LogP contribution is 2.25. The van der Waals surface area contributed by atoms with Gasteiger partial charge >= 0.3 is 0 Å². The van der Waals surface area contributed by atoms with E-state index in [1.54, 1.807) is 10.4 Å². The van der Waals surface area contributed by atoms with Gasteiger partial charge in [-0.1, -0.05) is 19.1 Å². The van der Waals surface area contributed by atoms with Gasteiger partial charge in [0, 0.05) is 25.2 Å². The quantitative estimate of drug-likeness (QED) is 0.924. The van der Waals surface area contributed by atoms with Gasteiger partial charge in [0.05, 0.1) is 4.90 Å². The van der Waals surface area contributed by atoms with Crippen LogP contribution in [-0.4, -0.2) is 37.9 Å². The summed E-state index contributed by atoms with van der Waals surface area (Å²) in [5, 5.41) is 3.52. The second kappa shape index (κ2) is 6.65. The monoisotopic (exact) mass is 330 g/mol. The van der Waals surface area contributed by atoms with E-state index in [1.807, 2.05) is 25.1 Å². The molecule has 2 unspecified atom stereocenters. The first-order valence-electron chi connectivity index (χ1n) is 7.44. The molecule has 21 heavy (non-hydrogen) atoms. The minimum Gasteiger partial charge on any atom is -0.310 e. The maximum Gasteiger partial charge on any atom is 0.243 e. The summed E-state index contributed by atoms with van der Waals surface area (Å²) < 4.78 is 27.2. The largest absolute Gasteiger partial charge is 0.310 e. The number of hydrogen-bond acceptors (Lipinski definition) is 3. The predicted octanol–water partition coefficient (Wildman–Crippen LogP) is 2.19. The van der Waals surface area contributed by atoms with Crippen LogP contribution in [0.3, 0.4) is 0 Å². The van der Waals surface area contributed by atoms with Crippen LogP contribution in [0.1, 0.15) is 31.7 Å². The van der Waals surface area contributed by atoms with Crippen LogP contribution in [0.2, 0.25) is 0 Å². The summed E-state index contributed by atoms with van der Waals surface area (Å²) in [7, 11) is -3.35. The van der Waals surface area contributed by atoms with Crippen LogP contribution in [0.15, 0.2) is 29.2 Å². The molecular formula is C15H23ClN2O2S. The second-order valence-corrected chi connectivity index (χ2v) is 7.73. The molecule has 0 aliphatic carbocycles. The molecule has 2 saturated heterocycles. The third kappa shape index (κ3) is 3.42. The Morgan fingerprint density at radius 1 is 1.24 bits per heavy atom. The maximum atomic E-state index is 12.8. The van der Waals surface area contributed by atoms with Crippen LogP contribution in [0.4, 0.5) is 0 Å². The number of benzene rings is 1. The van der Waals surface area contributed by atoms with Gasteiger partial charge in [-0.25, -0.2) is 8.42 Å². The highest BCUT2D eigenvalue weighted by molar-refractivity contribution is 7.89. The predicted molar refractivity (Wildman–Crippen MR) is 86.4 cm³/mol. The molecular weight excluding hydrogens is 308 g/mol. The average Bonchev–Trinajstić information content (AvgIpc) is 2.77. The zero-order chi connectivity index (χ0) is 14.2. The lowest BCUT2D eigenvalue weighted by Crippen LogP contribution is -2.39. The Morgan fingerprint density at radius 3 is 2.76 bits per heavy atom. The number of hydrogen-bond donors (Lipinski definition) is 1. The Hall–Kier alpha value is -0.620. The van der Waals surface area contributed by atoms with E-state index in [2.05, 4.69) is 5.32 Å². The topological polar surface area (TPSA) is 49.4 Å². The van der Waals surface area contributed by atoms with Crippen molar-refractivity contribution in [1.82, 2.24) is 9.62 Å². The zero-order valence-electron chi connectivity index (χ0n) is 12.3. The van der Waals surface area contributed by atoms with E-state index in [0.717, 1.165) is 24.8 Å². The molecule has 1 aromatic carbocycles. The highest BCUT2D eigenvalue weighted by Gasteiger charge is 2.34. The summed E-state index contributed by atoms with van der Waals surface area (Å²) in [4.78, 5) is 0.439. The number of rotatable bonds is 3. The molecule has 0 saturated carbocycles. The Labute approximate surface area is 133 Å². The van der Waals surface area contributed by atoms with E-state index in [0.29, 0.717) is 30.1 Å². The third-order valence-electron chi connectivity index (χ3n) is 4.43. The van der Waals surface area contributed by atoms with E-state index in [1.165, 1.54) is 6.42 Å². The van der Waals surface area contributed by atoms with Gasteiger partial charge in [0.15, 0.2) is 0 Å². The Kier molecular flexibility index (Phi) is 5.30. The number of sulfonamides is 1. The van der Waals surface area contributed by atoms with Gasteiger partial charge in [0.2, 0.25) is 10.0 Å². The molecule has 0 amide bonds. The standard InChI is InChI=1S/C15H22N2O2S.ClH/c1-2-12-4-3-5-15(10-12)20(18,19)17-9-8-13-6-7-14(11-17)16-13;/h3-5,10,13-14,16H,2,6-9,11H2,1H3;1H. The molecule has 1 N–H and O–H groups in total. The first-order valence-corrected chi connectivity index (χ1v) is 8.88. The Morgan fingerprint density at radius 2 is 2.00 bits per heavy atom. The SMILES string of the molecule is CCc1cccc(S(=O)(=O)N2CCC3CCC(C2)N3)c1.Cl. The molecule has 6 heteroatoms. The van der Waals surface area contributed by atoms with Gasteiger partial charge in [0.1, 0.15) is 0 Å².